The van der Waals surface area contributed by atoms with E-state index in [1.807, 2.05) is 43.9 Å². The van der Waals surface area contributed by atoms with Crippen LogP contribution in [0, 0.1) is 0 Å². The van der Waals surface area contributed by atoms with Gasteiger partial charge in [0.05, 0.1) is 6.04 Å². The first kappa shape index (κ1) is 15.6. The normalized spacial score (nSPS) is 24.5. The molecular formula is C16H22BrN3O2. The fourth-order valence-electron chi connectivity index (χ4n) is 3.21. The van der Waals surface area contributed by atoms with Crippen molar-refractivity contribution in [1.82, 2.24) is 9.88 Å². The van der Waals surface area contributed by atoms with E-state index < -0.39 is 5.60 Å². The molecule has 3 saturated heterocycles. The molecule has 2 atom stereocenters. The van der Waals surface area contributed by atoms with Crippen molar-refractivity contribution >= 4 is 27.8 Å². The molecule has 1 aromatic heterocycles. The van der Waals surface area contributed by atoms with Gasteiger partial charge in [-0.15, -0.1) is 0 Å². The highest BCUT2D eigenvalue weighted by molar-refractivity contribution is 9.10. The topological polar surface area (TPSA) is 45.7 Å². The molecule has 6 heteroatoms. The second-order valence-corrected chi connectivity index (χ2v) is 7.80. The van der Waals surface area contributed by atoms with E-state index in [0.717, 1.165) is 29.8 Å². The molecule has 5 nitrogen and oxygen atoms in total. The predicted octanol–water partition coefficient (Wildman–Crippen LogP) is 3.43. The Morgan fingerprint density at radius 3 is 2.59 bits per heavy atom. The van der Waals surface area contributed by atoms with E-state index in [9.17, 15) is 4.79 Å². The fourth-order valence-corrected chi connectivity index (χ4v) is 3.54. The molecule has 3 aliphatic heterocycles. The highest BCUT2D eigenvalue weighted by Gasteiger charge is 2.42. The summed E-state index contributed by atoms with van der Waals surface area (Å²) in [5.74, 6) is 0.980. The molecule has 0 N–H and O–H groups in total. The summed E-state index contributed by atoms with van der Waals surface area (Å²) in [7, 11) is 0. The minimum absolute atomic E-state index is 0.191. The van der Waals surface area contributed by atoms with Crippen LogP contribution in [0.2, 0.25) is 0 Å². The van der Waals surface area contributed by atoms with Gasteiger partial charge >= 0.3 is 6.09 Å². The van der Waals surface area contributed by atoms with Crippen LogP contribution in [0.25, 0.3) is 0 Å². The molecule has 0 saturated carbocycles. The zero-order valence-electron chi connectivity index (χ0n) is 13.3. The van der Waals surface area contributed by atoms with Gasteiger partial charge in [0.1, 0.15) is 16.0 Å². The lowest BCUT2D eigenvalue weighted by atomic mass is 9.91. The number of piperazine rings is 1. The van der Waals surface area contributed by atoms with E-state index in [1.54, 1.807) is 0 Å². The second kappa shape index (κ2) is 5.72. The van der Waals surface area contributed by atoms with Gasteiger partial charge in [-0.25, -0.2) is 9.78 Å². The number of fused-ring (bicyclic) bond motifs is 3. The molecule has 2 unspecified atom stereocenters. The molecule has 4 rings (SSSR count). The SMILES string of the molecule is CC(C)(C)OC(=O)N1CC2CCC1CN2c1cccc(Br)n1. The second-order valence-electron chi connectivity index (χ2n) is 6.99. The summed E-state index contributed by atoms with van der Waals surface area (Å²) < 4.78 is 6.38. The van der Waals surface area contributed by atoms with Crippen molar-refractivity contribution in [3.05, 3.63) is 22.8 Å². The Labute approximate surface area is 139 Å². The zero-order valence-corrected chi connectivity index (χ0v) is 14.8. The van der Waals surface area contributed by atoms with Gasteiger partial charge in [-0.1, -0.05) is 6.07 Å². The van der Waals surface area contributed by atoms with Crippen LogP contribution in [0.15, 0.2) is 22.8 Å². The lowest BCUT2D eigenvalue weighted by Crippen LogP contribution is -2.64. The van der Waals surface area contributed by atoms with Crippen molar-refractivity contribution in [3.63, 3.8) is 0 Å². The first-order chi connectivity index (χ1) is 10.3. The van der Waals surface area contributed by atoms with Gasteiger partial charge in [-0.05, 0) is 61.7 Å². The number of hydrogen-bond donors (Lipinski definition) is 0. The van der Waals surface area contributed by atoms with Gasteiger partial charge in [0.25, 0.3) is 0 Å². The summed E-state index contributed by atoms with van der Waals surface area (Å²) in [5, 5.41) is 0. The molecule has 3 aliphatic rings. The zero-order chi connectivity index (χ0) is 15.9. The van der Waals surface area contributed by atoms with E-state index in [1.165, 1.54) is 0 Å². The maximum Gasteiger partial charge on any atom is 0.410 e. The Kier molecular flexibility index (Phi) is 4.05. The Hall–Kier alpha value is -1.30. The highest BCUT2D eigenvalue weighted by atomic mass is 79.9. The maximum atomic E-state index is 12.4. The highest BCUT2D eigenvalue weighted by Crippen LogP contribution is 2.33. The van der Waals surface area contributed by atoms with E-state index in [4.69, 9.17) is 4.74 Å². The van der Waals surface area contributed by atoms with Gasteiger partial charge in [0, 0.05) is 19.1 Å². The van der Waals surface area contributed by atoms with Crippen LogP contribution >= 0.6 is 15.9 Å². The standard InChI is InChI=1S/C16H22BrN3O2/c1-16(2,3)22-15(21)20-10-11-7-8-12(20)9-19(11)14-6-4-5-13(17)18-14/h4-6,11-12H,7-10H2,1-3H3. The van der Waals surface area contributed by atoms with E-state index in [2.05, 4.69) is 25.8 Å². The maximum absolute atomic E-state index is 12.4. The lowest BCUT2D eigenvalue weighted by molar-refractivity contribution is 0.000784. The molecule has 1 amide bonds. The number of carbonyl (C=O) groups is 1. The number of piperidine rings is 2. The first-order valence-corrected chi connectivity index (χ1v) is 8.51. The number of amides is 1. The van der Waals surface area contributed by atoms with Crippen molar-refractivity contribution in [2.45, 2.75) is 51.3 Å². The molecule has 0 radical (unpaired) electrons. The van der Waals surface area contributed by atoms with Crippen molar-refractivity contribution < 1.29 is 9.53 Å². The average molecular weight is 368 g/mol. The van der Waals surface area contributed by atoms with Crippen molar-refractivity contribution in [3.8, 4) is 0 Å². The van der Waals surface area contributed by atoms with E-state index in [-0.39, 0.29) is 12.1 Å². The number of halogens is 1. The van der Waals surface area contributed by atoms with E-state index >= 15 is 0 Å². The molecule has 0 aromatic carbocycles. The molecule has 22 heavy (non-hydrogen) atoms. The number of anilines is 1. The molecule has 0 spiro atoms. The Bertz CT molecular complexity index is 573. The van der Waals surface area contributed by atoms with Crippen molar-refractivity contribution in [2.75, 3.05) is 18.0 Å². The molecule has 3 fully saturated rings. The van der Waals surface area contributed by atoms with Crippen LogP contribution in [0.1, 0.15) is 33.6 Å². The van der Waals surface area contributed by atoms with Gasteiger partial charge in [-0.2, -0.15) is 0 Å². The smallest absolute Gasteiger partial charge is 0.410 e. The third-order valence-corrected chi connectivity index (χ3v) is 4.59. The van der Waals surface area contributed by atoms with E-state index in [0.29, 0.717) is 12.6 Å². The van der Waals surface area contributed by atoms with Crippen LogP contribution in [0.3, 0.4) is 0 Å². The molecule has 120 valence electrons. The Morgan fingerprint density at radius 2 is 2.00 bits per heavy atom. The summed E-state index contributed by atoms with van der Waals surface area (Å²) in [6.07, 6.45) is 1.94. The molecular weight excluding hydrogens is 346 g/mol. The Morgan fingerprint density at radius 1 is 1.27 bits per heavy atom. The molecule has 4 heterocycles. The van der Waals surface area contributed by atoms with Gasteiger partial charge in [0.2, 0.25) is 0 Å². The van der Waals surface area contributed by atoms with Gasteiger partial charge in [0.15, 0.2) is 0 Å². The summed E-state index contributed by atoms with van der Waals surface area (Å²) in [4.78, 5) is 21.1. The van der Waals surface area contributed by atoms with Gasteiger partial charge in [-0.3, -0.25) is 0 Å². The number of aromatic nitrogens is 1. The van der Waals surface area contributed by atoms with Crippen LogP contribution < -0.4 is 4.90 Å². The number of ether oxygens (including phenoxy) is 1. The predicted molar refractivity (Wildman–Crippen MR) is 89.0 cm³/mol. The lowest BCUT2D eigenvalue weighted by Gasteiger charge is -2.51. The van der Waals surface area contributed by atoms with Crippen LogP contribution in [0.5, 0.6) is 0 Å². The summed E-state index contributed by atoms with van der Waals surface area (Å²) in [6.45, 7) is 7.27. The molecule has 2 bridgehead atoms. The monoisotopic (exact) mass is 367 g/mol. The molecule has 0 aliphatic carbocycles. The summed E-state index contributed by atoms with van der Waals surface area (Å²) in [6, 6.07) is 6.49. The number of carbonyl (C=O) groups excluding carboxylic acids is 1. The molecule has 1 aromatic rings. The fraction of sp³-hybridized carbons (Fsp3) is 0.625. The quantitative estimate of drug-likeness (QED) is 0.713. The van der Waals surface area contributed by atoms with Gasteiger partial charge < -0.3 is 14.5 Å². The van der Waals surface area contributed by atoms with Crippen LogP contribution in [-0.4, -0.2) is 46.8 Å². The third kappa shape index (κ3) is 3.21. The summed E-state index contributed by atoms with van der Waals surface area (Å²) in [5.41, 5.74) is -0.445. The number of rotatable bonds is 1. The van der Waals surface area contributed by atoms with Crippen LogP contribution in [0.4, 0.5) is 10.6 Å². The largest absolute Gasteiger partial charge is 0.444 e. The average Bonchev–Trinajstić information content (AvgIpc) is 2.46. The van der Waals surface area contributed by atoms with Crippen molar-refractivity contribution in [2.24, 2.45) is 0 Å². The number of nitrogens with zero attached hydrogens (tertiary/aromatic N) is 3. The number of pyridine rings is 1. The Balaban J connectivity index is 1.73. The van der Waals surface area contributed by atoms with Crippen LogP contribution in [-0.2, 0) is 4.74 Å². The van der Waals surface area contributed by atoms with Crippen molar-refractivity contribution in [1.29, 1.82) is 0 Å². The third-order valence-electron chi connectivity index (χ3n) is 4.15. The minimum atomic E-state index is -0.445. The summed E-state index contributed by atoms with van der Waals surface area (Å²) >= 11 is 3.43. The first-order valence-electron chi connectivity index (χ1n) is 7.72. The number of hydrogen-bond acceptors (Lipinski definition) is 4. The minimum Gasteiger partial charge on any atom is -0.444 e.